The summed E-state index contributed by atoms with van der Waals surface area (Å²) in [5.74, 6) is -1.16. The zero-order chi connectivity index (χ0) is 13.4. The third-order valence-electron chi connectivity index (χ3n) is 2.47. The number of hydrogen-bond donors (Lipinski definition) is 1. The van der Waals surface area contributed by atoms with Crippen molar-refractivity contribution >= 4 is 33.2 Å². The number of nitro groups is 1. The molecule has 18 heavy (non-hydrogen) atoms. The summed E-state index contributed by atoms with van der Waals surface area (Å²) in [5, 5.41) is 20.1. The van der Waals surface area contributed by atoms with Gasteiger partial charge in [-0.2, -0.15) is 0 Å². The van der Waals surface area contributed by atoms with E-state index in [9.17, 15) is 14.9 Å². The van der Waals surface area contributed by atoms with Crippen LogP contribution >= 0.6 is 15.9 Å². The SMILES string of the molecule is CCc1nc2c([N+](=O)[O-])cc(Br)cn2c1C(=O)O. The number of carboxylic acids is 1. The highest BCUT2D eigenvalue weighted by atomic mass is 79.9. The molecule has 1 N–H and O–H groups in total. The first-order chi connectivity index (χ1) is 8.45. The van der Waals surface area contributed by atoms with Crippen molar-refractivity contribution in [2.24, 2.45) is 0 Å². The lowest BCUT2D eigenvalue weighted by molar-refractivity contribution is -0.383. The van der Waals surface area contributed by atoms with Gasteiger partial charge in [0.25, 0.3) is 0 Å². The van der Waals surface area contributed by atoms with Crippen LogP contribution in [-0.4, -0.2) is 25.4 Å². The summed E-state index contributed by atoms with van der Waals surface area (Å²) >= 11 is 3.12. The van der Waals surface area contributed by atoms with Gasteiger partial charge >= 0.3 is 11.7 Å². The van der Waals surface area contributed by atoms with Crippen LogP contribution in [0.5, 0.6) is 0 Å². The van der Waals surface area contributed by atoms with E-state index in [1.165, 1.54) is 16.7 Å². The summed E-state index contributed by atoms with van der Waals surface area (Å²) in [6.45, 7) is 1.75. The van der Waals surface area contributed by atoms with Gasteiger partial charge in [0.05, 0.1) is 10.6 Å². The highest BCUT2D eigenvalue weighted by molar-refractivity contribution is 9.10. The summed E-state index contributed by atoms with van der Waals surface area (Å²) in [5.41, 5.74) is 0.0876. The van der Waals surface area contributed by atoms with Crippen LogP contribution in [-0.2, 0) is 6.42 Å². The van der Waals surface area contributed by atoms with Gasteiger partial charge in [0, 0.05) is 16.7 Å². The number of carbonyl (C=O) groups is 1. The summed E-state index contributed by atoms with van der Waals surface area (Å²) in [4.78, 5) is 25.6. The molecular weight excluding hydrogens is 306 g/mol. The molecule has 0 saturated carbocycles. The number of fused-ring (bicyclic) bond motifs is 1. The quantitative estimate of drug-likeness (QED) is 0.692. The summed E-state index contributed by atoms with van der Waals surface area (Å²) in [6, 6.07) is 1.30. The van der Waals surface area contributed by atoms with Crippen LogP contribution in [0.3, 0.4) is 0 Å². The first kappa shape index (κ1) is 12.5. The first-order valence-corrected chi connectivity index (χ1v) is 5.83. The monoisotopic (exact) mass is 313 g/mol. The fraction of sp³-hybridized carbons (Fsp3) is 0.200. The number of carboxylic acid groups (broad SMARTS) is 1. The van der Waals surface area contributed by atoms with Crippen molar-refractivity contribution in [3.8, 4) is 0 Å². The first-order valence-electron chi connectivity index (χ1n) is 5.03. The van der Waals surface area contributed by atoms with E-state index < -0.39 is 10.9 Å². The number of hydrogen-bond acceptors (Lipinski definition) is 4. The normalized spacial score (nSPS) is 10.8. The lowest BCUT2D eigenvalue weighted by atomic mass is 10.2. The number of pyridine rings is 1. The Labute approximate surface area is 109 Å². The Kier molecular flexibility index (Phi) is 3.04. The van der Waals surface area contributed by atoms with Crippen molar-refractivity contribution < 1.29 is 14.8 Å². The van der Waals surface area contributed by atoms with Crippen molar-refractivity contribution in [3.05, 3.63) is 38.2 Å². The minimum Gasteiger partial charge on any atom is -0.477 e. The highest BCUT2D eigenvalue weighted by Gasteiger charge is 2.23. The number of nitrogens with zero attached hydrogens (tertiary/aromatic N) is 3. The maximum Gasteiger partial charge on any atom is 0.354 e. The second kappa shape index (κ2) is 4.37. The summed E-state index contributed by atoms with van der Waals surface area (Å²) in [7, 11) is 0. The van der Waals surface area contributed by atoms with Crippen LogP contribution in [0, 0.1) is 10.1 Å². The van der Waals surface area contributed by atoms with Gasteiger partial charge in [0.2, 0.25) is 5.65 Å². The van der Waals surface area contributed by atoms with E-state index in [-0.39, 0.29) is 17.0 Å². The fourth-order valence-corrected chi connectivity index (χ4v) is 2.17. The van der Waals surface area contributed by atoms with Crippen molar-refractivity contribution in [1.29, 1.82) is 0 Å². The molecule has 8 heteroatoms. The molecule has 0 aromatic carbocycles. The fourth-order valence-electron chi connectivity index (χ4n) is 1.75. The Morgan fingerprint density at radius 1 is 1.67 bits per heavy atom. The van der Waals surface area contributed by atoms with Gasteiger partial charge in [-0.15, -0.1) is 0 Å². The Morgan fingerprint density at radius 2 is 2.33 bits per heavy atom. The predicted octanol–water partition coefficient (Wildman–Crippen LogP) is 2.27. The third-order valence-corrected chi connectivity index (χ3v) is 2.91. The van der Waals surface area contributed by atoms with Gasteiger partial charge in [-0.05, 0) is 22.4 Å². The molecule has 0 atom stereocenters. The molecule has 2 aromatic heterocycles. The van der Waals surface area contributed by atoms with Crippen molar-refractivity contribution in [1.82, 2.24) is 9.38 Å². The van der Waals surface area contributed by atoms with Crippen LogP contribution in [0.1, 0.15) is 23.1 Å². The molecule has 2 rings (SSSR count). The Balaban J connectivity index is 2.93. The third kappa shape index (κ3) is 1.84. The Morgan fingerprint density at radius 3 is 2.83 bits per heavy atom. The average Bonchev–Trinajstić information content (AvgIpc) is 2.65. The van der Waals surface area contributed by atoms with E-state index in [1.54, 1.807) is 6.92 Å². The molecular formula is C10H8BrN3O4. The Bertz CT molecular complexity index is 665. The topological polar surface area (TPSA) is 97.7 Å². The van der Waals surface area contributed by atoms with Crippen LogP contribution in [0.4, 0.5) is 5.69 Å². The molecule has 7 nitrogen and oxygen atoms in total. The van der Waals surface area contributed by atoms with E-state index in [4.69, 9.17) is 5.11 Å². The van der Waals surface area contributed by atoms with Crippen molar-refractivity contribution in [3.63, 3.8) is 0 Å². The van der Waals surface area contributed by atoms with Crippen LogP contribution in [0.15, 0.2) is 16.7 Å². The number of imidazole rings is 1. The van der Waals surface area contributed by atoms with Crippen LogP contribution in [0.25, 0.3) is 5.65 Å². The number of rotatable bonds is 3. The van der Waals surface area contributed by atoms with E-state index in [0.29, 0.717) is 16.6 Å². The predicted molar refractivity (Wildman–Crippen MR) is 65.9 cm³/mol. The number of halogens is 1. The standard InChI is InChI=1S/C10H8BrN3O4/c1-2-6-8(10(15)16)13-4-5(11)3-7(14(17)18)9(13)12-6/h3-4H,2H2,1H3,(H,15,16). The number of aromatic carboxylic acids is 1. The lowest BCUT2D eigenvalue weighted by Crippen LogP contribution is -2.05. The molecule has 0 fully saturated rings. The van der Waals surface area contributed by atoms with Gasteiger partial charge in [0.1, 0.15) is 0 Å². The van der Waals surface area contributed by atoms with Crippen LogP contribution < -0.4 is 0 Å². The smallest absolute Gasteiger partial charge is 0.354 e. The average molecular weight is 314 g/mol. The highest BCUT2D eigenvalue weighted by Crippen LogP contribution is 2.26. The molecule has 0 aliphatic heterocycles. The molecule has 2 aromatic rings. The van der Waals surface area contributed by atoms with Gasteiger partial charge < -0.3 is 5.11 Å². The van der Waals surface area contributed by atoms with Gasteiger partial charge in [0.15, 0.2) is 5.69 Å². The zero-order valence-electron chi connectivity index (χ0n) is 9.25. The minimum absolute atomic E-state index is 0.0393. The number of aryl methyl sites for hydroxylation is 1. The maximum absolute atomic E-state index is 11.2. The molecule has 0 unspecified atom stereocenters. The van der Waals surface area contributed by atoms with E-state index >= 15 is 0 Å². The van der Waals surface area contributed by atoms with E-state index in [1.807, 2.05) is 0 Å². The second-order valence-corrected chi connectivity index (χ2v) is 4.48. The molecule has 0 aliphatic carbocycles. The molecule has 0 bridgehead atoms. The molecule has 2 heterocycles. The van der Waals surface area contributed by atoms with Crippen molar-refractivity contribution in [2.75, 3.05) is 0 Å². The van der Waals surface area contributed by atoms with E-state index in [0.717, 1.165) is 0 Å². The van der Waals surface area contributed by atoms with Gasteiger partial charge in [-0.25, -0.2) is 9.78 Å². The minimum atomic E-state index is -1.16. The van der Waals surface area contributed by atoms with Crippen LogP contribution in [0.2, 0.25) is 0 Å². The molecule has 0 spiro atoms. The summed E-state index contributed by atoms with van der Waals surface area (Å²) in [6.07, 6.45) is 1.84. The largest absolute Gasteiger partial charge is 0.477 e. The summed E-state index contributed by atoms with van der Waals surface area (Å²) < 4.78 is 1.65. The molecule has 0 radical (unpaired) electrons. The second-order valence-electron chi connectivity index (χ2n) is 3.56. The molecule has 0 amide bonds. The maximum atomic E-state index is 11.2. The van der Waals surface area contributed by atoms with Gasteiger partial charge in [-0.3, -0.25) is 14.5 Å². The van der Waals surface area contributed by atoms with Gasteiger partial charge in [-0.1, -0.05) is 6.92 Å². The number of aromatic nitrogens is 2. The van der Waals surface area contributed by atoms with Crippen molar-refractivity contribution in [2.45, 2.75) is 13.3 Å². The molecule has 0 aliphatic rings. The molecule has 94 valence electrons. The lowest BCUT2D eigenvalue weighted by Gasteiger charge is -2.00. The Hall–Kier alpha value is -1.96. The molecule has 0 saturated heterocycles. The zero-order valence-corrected chi connectivity index (χ0v) is 10.8. The van der Waals surface area contributed by atoms with E-state index in [2.05, 4.69) is 20.9 Å².